The maximum atomic E-state index is 10.7. The molecule has 2 aromatic rings. The topological polar surface area (TPSA) is 76.0 Å². The first-order chi connectivity index (χ1) is 7.75. The molecule has 2 heterocycles. The van der Waals surface area contributed by atoms with E-state index in [0.717, 1.165) is 4.90 Å². The summed E-state index contributed by atoms with van der Waals surface area (Å²) in [5.41, 5.74) is 0.0148. The second-order valence-electron chi connectivity index (χ2n) is 2.82. The Kier molecular flexibility index (Phi) is 3.11. The Hall–Kier alpha value is -1.95. The number of rotatable bonds is 3. The Morgan fingerprint density at radius 2 is 1.94 bits per heavy atom. The molecule has 80 valence electrons. The highest BCUT2D eigenvalue weighted by atomic mass is 32.2. The van der Waals surface area contributed by atoms with Crippen molar-refractivity contribution >= 4 is 17.7 Å². The lowest BCUT2D eigenvalue weighted by atomic mass is 10.4. The average molecular weight is 233 g/mol. The molecule has 2 aromatic heterocycles. The molecule has 0 saturated carbocycles. The zero-order valence-corrected chi connectivity index (χ0v) is 8.89. The lowest BCUT2D eigenvalue weighted by Crippen LogP contribution is -1.99. The van der Waals surface area contributed by atoms with Gasteiger partial charge in [-0.2, -0.15) is 0 Å². The third kappa shape index (κ3) is 2.54. The Bertz CT molecular complexity index is 504. The van der Waals surface area contributed by atoms with Gasteiger partial charge in [0.1, 0.15) is 5.69 Å². The van der Waals surface area contributed by atoms with Gasteiger partial charge in [-0.3, -0.25) is 0 Å². The van der Waals surface area contributed by atoms with Gasteiger partial charge in [-0.25, -0.2) is 19.7 Å². The molecular weight excluding hydrogens is 226 g/mol. The van der Waals surface area contributed by atoms with Crippen LogP contribution in [0.3, 0.4) is 0 Å². The van der Waals surface area contributed by atoms with E-state index in [-0.39, 0.29) is 5.69 Å². The van der Waals surface area contributed by atoms with Gasteiger partial charge in [-0.1, -0.05) is 0 Å². The van der Waals surface area contributed by atoms with Crippen molar-refractivity contribution in [3.63, 3.8) is 0 Å². The molecule has 0 spiro atoms. The van der Waals surface area contributed by atoms with Gasteiger partial charge in [0.05, 0.1) is 0 Å². The number of hydrogen-bond donors (Lipinski definition) is 1. The fraction of sp³-hybridized carbons (Fsp3) is 0. The molecule has 0 aliphatic carbocycles. The number of nitrogens with zero attached hydrogens (tertiary/aromatic N) is 3. The van der Waals surface area contributed by atoms with Gasteiger partial charge >= 0.3 is 5.97 Å². The fourth-order valence-electron chi connectivity index (χ4n) is 1.04. The molecule has 0 radical (unpaired) electrons. The zero-order valence-electron chi connectivity index (χ0n) is 8.07. The number of carbonyl (C=O) groups is 1. The molecule has 5 nitrogen and oxygen atoms in total. The van der Waals surface area contributed by atoms with Crippen LogP contribution in [0.5, 0.6) is 0 Å². The third-order valence-corrected chi connectivity index (χ3v) is 2.58. The quantitative estimate of drug-likeness (QED) is 0.813. The van der Waals surface area contributed by atoms with Crippen molar-refractivity contribution in [1.29, 1.82) is 0 Å². The van der Waals surface area contributed by atoms with E-state index in [2.05, 4.69) is 15.0 Å². The second kappa shape index (κ2) is 4.71. The van der Waals surface area contributed by atoms with Crippen LogP contribution >= 0.6 is 11.8 Å². The molecule has 16 heavy (non-hydrogen) atoms. The van der Waals surface area contributed by atoms with E-state index in [9.17, 15) is 4.79 Å². The number of carboxylic acid groups (broad SMARTS) is 1. The Balaban J connectivity index is 2.22. The molecule has 0 unspecified atom stereocenters. The third-order valence-electron chi connectivity index (χ3n) is 1.70. The molecule has 0 saturated heterocycles. The smallest absolute Gasteiger partial charge is 0.354 e. The summed E-state index contributed by atoms with van der Waals surface area (Å²) < 4.78 is 0. The van der Waals surface area contributed by atoms with Gasteiger partial charge in [0.2, 0.25) is 0 Å². The maximum Gasteiger partial charge on any atom is 0.354 e. The summed E-state index contributed by atoms with van der Waals surface area (Å²) >= 11 is 1.29. The van der Waals surface area contributed by atoms with Crippen molar-refractivity contribution in [3.05, 3.63) is 42.5 Å². The van der Waals surface area contributed by atoms with Crippen molar-refractivity contribution in [3.8, 4) is 0 Å². The second-order valence-corrected chi connectivity index (χ2v) is 3.86. The lowest BCUT2D eigenvalue weighted by molar-refractivity contribution is 0.0690. The highest BCUT2D eigenvalue weighted by Crippen LogP contribution is 2.23. The van der Waals surface area contributed by atoms with Crippen molar-refractivity contribution in [2.24, 2.45) is 0 Å². The predicted octanol–water partition coefficient (Wildman–Crippen LogP) is 1.72. The molecule has 0 aromatic carbocycles. The minimum atomic E-state index is -1.04. The number of pyridine rings is 1. The molecule has 0 aliphatic heterocycles. The predicted molar refractivity (Wildman–Crippen MR) is 57.4 cm³/mol. The van der Waals surface area contributed by atoms with Gasteiger partial charge in [-0.15, -0.1) is 0 Å². The molecule has 2 rings (SSSR count). The maximum absolute atomic E-state index is 10.7. The van der Waals surface area contributed by atoms with E-state index in [1.807, 2.05) is 0 Å². The summed E-state index contributed by atoms with van der Waals surface area (Å²) in [7, 11) is 0. The summed E-state index contributed by atoms with van der Waals surface area (Å²) in [6.07, 6.45) is 4.72. The van der Waals surface area contributed by atoms with E-state index in [1.54, 1.807) is 24.5 Å². The highest BCUT2D eigenvalue weighted by molar-refractivity contribution is 7.99. The van der Waals surface area contributed by atoms with E-state index in [1.165, 1.54) is 24.0 Å². The summed E-state index contributed by atoms with van der Waals surface area (Å²) in [6.45, 7) is 0. The summed E-state index contributed by atoms with van der Waals surface area (Å²) in [4.78, 5) is 23.2. The van der Waals surface area contributed by atoms with Crippen molar-refractivity contribution in [1.82, 2.24) is 15.0 Å². The Morgan fingerprint density at radius 3 is 2.62 bits per heavy atom. The molecule has 6 heteroatoms. The van der Waals surface area contributed by atoms with Crippen LogP contribution in [0.25, 0.3) is 0 Å². The molecule has 0 aliphatic rings. The van der Waals surface area contributed by atoms with Gasteiger partial charge in [0, 0.05) is 23.5 Å². The number of aromatic nitrogens is 3. The summed E-state index contributed by atoms with van der Waals surface area (Å²) in [5.74, 6) is -1.04. The monoisotopic (exact) mass is 233 g/mol. The first kappa shape index (κ1) is 10.6. The van der Waals surface area contributed by atoms with Gasteiger partial charge in [0.15, 0.2) is 5.16 Å². The number of aromatic carboxylic acids is 1. The minimum Gasteiger partial charge on any atom is -0.477 e. The Labute approximate surface area is 95.6 Å². The fourth-order valence-corrected chi connectivity index (χ4v) is 1.77. The first-order valence-electron chi connectivity index (χ1n) is 4.40. The van der Waals surface area contributed by atoms with Crippen LogP contribution < -0.4 is 0 Å². The summed E-state index contributed by atoms with van der Waals surface area (Å²) in [6, 6.07) is 4.93. The average Bonchev–Trinajstić information content (AvgIpc) is 2.30. The van der Waals surface area contributed by atoms with Crippen LogP contribution in [-0.4, -0.2) is 26.0 Å². The molecular formula is C10H7N3O2S. The standard InChI is InChI=1S/C10H7N3O2S/c14-9(15)8-6-7(2-5-11-8)16-10-12-3-1-4-13-10/h1-6H,(H,14,15). The SMILES string of the molecule is O=C(O)c1cc(Sc2ncccn2)ccn1. The normalized spacial score (nSPS) is 10.0. The van der Waals surface area contributed by atoms with Gasteiger partial charge in [-0.05, 0) is 30.0 Å². The van der Waals surface area contributed by atoms with Crippen LogP contribution in [0, 0.1) is 0 Å². The molecule has 0 fully saturated rings. The van der Waals surface area contributed by atoms with Crippen LogP contribution in [0.15, 0.2) is 46.8 Å². The molecule has 0 amide bonds. The molecule has 0 atom stereocenters. The van der Waals surface area contributed by atoms with Crippen LogP contribution in [-0.2, 0) is 0 Å². The number of carboxylic acids is 1. The van der Waals surface area contributed by atoms with Crippen LogP contribution in [0.2, 0.25) is 0 Å². The van der Waals surface area contributed by atoms with Gasteiger partial charge in [0.25, 0.3) is 0 Å². The minimum absolute atomic E-state index is 0.0148. The molecule has 0 bridgehead atoms. The van der Waals surface area contributed by atoms with E-state index >= 15 is 0 Å². The largest absolute Gasteiger partial charge is 0.477 e. The van der Waals surface area contributed by atoms with Crippen molar-refractivity contribution in [2.75, 3.05) is 0 Å². The lowest BCUT2D eigenvalue weighted by Gasteiger charge is -1.99. The van der Waals surface area contributed by atoms with E-state index in [4.69, 9.17) is 5.11 Å². The van der Waals surface area contributed by atoms with Crippen LogP contribution in [0.4, 0.5) is 0 Å². The van der Waals surface area contributed by atoms with Crippen molar-refractivity contribution in [2.45, 2.75) is 10.1 Å². The molecule has 1 N–H and O–H groups in total. The summed E-state index contributed by atoms with van der Waals surface area (Å²) in [5, 5.41) is 9.35. The van der Waals surface area contributed by atoms with Crippen molar-refractivity contribution < 1.29 is 9.90 Å². The highest BCUT2D eigenvalue weighted by Gasteiger charge is 2.06. The first-order valence-corrected chi connectivity index (χ1v) is 5.21. The number of hydrogen-bond acceptors (Lipinski definition) is 5. The van der Waals surface area contributed by atoms with E-state index in [0.29, 0.717) is 5.16 Å². The van der Waals surface area contributed by atoms with E-state index < -0.39 is 5.97 Å². The zero-order chi connectivity index (χ0) is 11.4. The Morgan fingerprint density at radius 1 is 1.19 bits per heavy atom. The van der Waals surface area contributed by atoms with Gasteiger partial charge < -0.3 is 5.11 Å². The van der Waals surface area contributed by atoms with Crippen LogP contribution in [0.1, 0.15) is 10.5 Å².